The lowest BCUT2D eigenvalue weighted by molar-refractivity contribution is -0.138. The van der Waals surface area contributed by atoms with E-state index in [9.17, 15) is 4.79 Å². The zero-order valence-electron chi connectivity index (χ0n) is 14.9. The highest BCUT2D eigenvalue weighted by Crippen LogP contribution is 2.25. The molecule has 5 heteroatoms. The molecule has 0 saturated carbocycles. The number of nitrogens with one attached hydrogen (secondary N) is 1. The van der Waals surface area contributed by atoms with Gasteiger partial charge in [0.1, 0.15) is 6.10 Å². The van der Waals surface area contributed by atoms with Gasteiger partial charge in [-0.25, -0.2) is 0 Å². The predicted octanol–water partition coefficient (Wildman–Crippen LogP) is 1.93. The molecule has 5 nitrogen and oxygen atoms in total. The van der Waals surface area contributed by atoms with Crippen molar-refractivity contribution < 1.29 is 9.53 Å². The molecule has 0 bridgehead atoms. The van der Waals surface area contributed by atoms with Crippen molar-refractivity contribution in [1.29, 1.82) is 0 Å². The van der Waals surface area contributed by atoms with Gasteiger partial charge in [-0.2, -0.15) is 0 Å². The number of hydrogen-bond acceptors (Lipinski definition) is 4. The number of morpholine rings is 1. The van der Waals surface area contributed by atoms with Crippen molar-refractivity contribution in [3.05, 3.63) is 29.3 Å². The average molecular weight is 331 g/mol. The van der Waals surface area contributed by atoms with Gasteiger partial charge in [-0.3, -0.25) is 9.69 Å². The van der Waals surface area contributed by atoms with Crippen molar-refractivity contribution in [2.75, 3.05) is 44.7 Å². The quantitative estimate of drug-likeness (QED) is 0.916. The maximum absolute atomic E-state index is 11.8. The SMILES string of the molecule is CNC(=O)[C@H]1CN(Cc2ccc(N3CCCCC3)c(C)c2)CCO1. The van der Waals surface area contributed by atoms with E-state index in [1.807, 2.05) is 0 Å². The highest BCUT2D eigenvalue weighted by atomic mass is 16.5. The van der Waals surface area contributed by atoms with Gasteiger partial charge in [-0.1, -0.05) is 12.1 Å². The lowest BCUT2D eigenvalue weighted by atomic mass is 10.0. The zero-order chi connectivity index (χ0) is 16.9. The molecule has 0 aliphatic carbocycles. The first-order valence-corrected chi connectivity index (χ1v) is 9.07. The van der Waals surface area contributed by atoms with E-state index in [1.54, 1.807) is 7.05 Å². The van der Waals surface area contributed by atoms with Crippen LogP contribution >= 0.6 is 0 Å². The molecule has 0 spiro atoms. The summed E-state index contributed by atoms with van der Waals surface area (Å²) in [5.74, 6) is -0.0312. The third-order valence-electron chi connectivity index (χ3n) is 5.05. The van der Waals surface area contributed by atoms with Crippen molar-refractivity contribution in [1.82, 2.24) is 10.2 Å². The van der Waals surface area contributed by atoms with Crippen molar-refractivity contribution in [3.63, 3.8) is 0 Å². The standard InChI is InChI=1S/C19H29N3O2/c1-15-12-16(6-7-17(15)22-8-4-3-5-9-22)13-21-10-11-24-18(14-21)19(23)20-2/h6-7,12,18H,3-5,8-11,13-14H2,1-2H3,(H,20,23)/t18-/m1/s1. The highest BCUT2D eigenvalue weighted by Gasteiger charge is 2.25. The molecule has 1 atom stereocenters. The normalized spacial score (nSPS) is 22.4. The number of likely N-dealkylation sites (N-methyl/N-ethyl adjacent to an activating group) is 1. The summed E-state index contributed by atoms with van der Waals surface area (Å²) in [6.07, 6.45) is 3.61. The van der Waals surface area contributed by atoms with Crippen LogP contribution in [0, 0.1) is 6.92 Å². The zero-order valence-corrected chi connectivity index (χ0v) is 14.9. The number of amides is 1. The monoisotopic (exact) mass is 331 g/mol. The Hall–Kier alpha value is -1.59. The van der Waals surface area contributed by atoms with Crippen molar-refractivity contribution in [3.8, 4) is 0 Å². The third-order valence-corrected chi connectivity index (χ3v) is 5.05. The van der Waals surface area contributed by atoms with E-state index >= 15 is 0 Å². The first kappa shape index (κ1) is 17.2. The lowest BCUT2D eigenvalue weighted by Crippen LogP contribution is -2.48. The number of nitrogens with zero attached hydrogens (tertiary/aromatic N) is 2. The molecule has 2 aliphatic heterocycles. The number of piperidine rings is 1. The molecule has 2 saturated heterocycles. The molecule has 2 aliphatic rings. The van der Waals surface area contributed by atoms with Gasteiger partial charge < -0.3 is 15.0 Å². The summed E-state index contributed by atoms with van der Waals surface area (Å²) < 4.78 is 5.56. The Kier molecular flexibility index (Phi) is 5.74. The maximum atomic E-state index is 11.8. The van der Waals surface area contributed by atoms with Crippen LogP contribution in [0.1, 0.15) is 30.4 Å². The second-order valence-electron chi connectivity index (χ2n) is 6.88. The van der Waals surface area contributed by atoms with Crippen LogP contribution in [-0.2, 0) is 16.1 Å². The van der Waals surface area contributed by atoms with E-state index in [1.165, 1.54) is 49.2 Å². The van der Waals surface area contributed by atoms with Gasteiger partial charge in [0.05, 0.1) is 6.61 Å². The first-order valence-electron chi connectivity index (χ1n) is 9.07. The summed E-state index contributed by atoms with van der Waals surface area (Å²) in [7, 11) is 1.66. The summed E-state index contributed by atoms with van der Waals surface area (Å²) >= 11 is 0. The van der Waals surface area contributed by atoms with Crippen LogP contribution in [0.2, 0.25) is 0 Å². The highest BCUT2D eigenvalue weighted by molar-refractivity contribution is 5.80. The minimum absolute atomic E-state index is 0.0312. The summed E-state index contributed by atoms with van der Waals surface area (Å²) in [5, 5.41) is 2.68. The van der Waals surface area contributed by atoms with Gasteiger partial charge in [0.25, 0.3) is 0 Å². The van der Waals surface area contributed by atoms with Crippen LogP contribution in [0.3, 0.4) is 0 Å². The number of hydrogen-bond donors (Lipinski definition) is 1. The molecule has 0 radical (unpaired) electrons. The topological polar surface area (TPSA) is 44.8 Å². The second kappa shape index (κ2) is 7.99. The fraction of sp³-hybridized carbons (Fsp3) is 0.632. The lowest BCUT2D eigenvalue weighted by Gasteiger charge is -2.33. The Bertz CT molecular complexity index is 570. The molecule has 0 aromatic heterocycles. The molecule has 132 valence electrons. The molecule has 2 fully saturated rings. The maximum Gasteiger partial charge on any atom is 0.250 e. The molecule has 1 aromatic rings. The van der Waals surface area contributed by atoms with Gasteiger partial charge in [-0.05, 0) is 43.4 Å². The Morgan fingerprint density at radius 3 is 2.75 bits per heavy atom. The summed E-state index contributed by atoms with van der Waals surface area (Å²) in [5.41, 5.74) is 4.04. The van der Waals surface area contributed by atoms with Gasteiger partial charge in [-0.15, -0.1) is 0 Å². The summed E-state index contributed by atoms with van der Waals surface area (Å²) in [4.78, 5) is 16.6. The van der Waals surface area contributed by atoms with Gasteiger partial charge >= 0.3 is 0 Å². The van der Waals surface area contributed by atoms with Crippen LogP contribution in [0.15, 0.2) is 18.2 Å². The van der Waals surface area contributed by atoms with E-state index in [4.69, 9.17) is 4.74 Å². The van der Waals surface area contributed by atoms with Crippen LogP contribution in [0.4, 0.5) is 5.69 Å². The molecular weight excluding hydrogens is 302 g/mol. The fourth-order valence-electron chi connectivity index (χ4n) is 3.73. The molecule has 1 aromatic carbocycles. The summed E-state index contributed by atoms with van der Waals surface area (Å²) in [6, 6.07) is 6.81. The Balaban J connectivity index is 1.63. The third kappa shape index (κ3) is 4.08. The fourth-order valence-corrected chi connectivity index (χ4v) is 3.73. The number of carbonyl (C=O) groups excluding carboxylic acids is 1. The number of ether oxygens (including phenoxy) is 1. The molecule has 1 amide bonds. The molecule has 1 N–H and O–H groups in total. The number of anilines is 1. The number of aryl methyl sites for hydroxylation is 1. The van der Waals surface area contributed by atoms with Gasteiger partial charge in [0, 0.05) is 45.5 Å². The molecule has 2 heterocycles. The van der Waals surface area contributed by atoms with Crippen LogP contribution < -0.4 is 10.2 Å². The predicted molar refractivity (Wildman–Crippen MR) is 96.3 cm³/mol. The molecule has 0 unspecified atom stereocenters. The van der Waals surface area contributed by atoms with E-state index in [-0.39, 0.29) is 12.0 Å². The van der Waals surface area contributed by atoms with Crippen LogP contribution in [-0.4, -0.2) is 56.7 Å². The Morgan fingerprint density at radius 1 is 1.25 bits per heavy atom. The van der Waals surface area contributed by atoms with Crippen molar-refractivity contribution >= 4 is 11.6 Å². The molecule has 3 rings (SSSR count). The van der Waals surface area contributed by atoms with Crippen LogP contribution in [0.5, 0.6) is 0 Å². The number of rotatable bonds is 4. The van der Waals surface area contributed by atoms with E-state index in [2.05, 4.69) is 40.2 Å². The minimum atomic E-state index is -0.350. The summed E-state index contributed by atoms with van der Waals surface area (Å²) in [6.45, 7) is 7.59. The van der Waals surface area contributed by atoms with Gasteiger partial charge in [0.2, 0.25) is 5.91 Å². The average Bonchev–Trinajstić information content (AvgIpc) is 2.62. The smallest absolute Gasteiger partial charge is 0.250 e. The minimum Gasteiger partial charge on any atom is -0.371 e. The Morgan fingerprint density at radius 2 is 2.04 bits per heavy atom. The molecular formula is C19H29N3O2. The van der Waals surface area contributed by atoms with Crippen molar-refractivity contribution in [2.24, 2.45) is 0 Å². The number of carbonyl (C=O) groups is 1. The van der Waals surface area contributed by atoms with Crippen LogP contribution in [0.25, 0.3) is 0 Å². The van der Waals surface area contributed by atoms with E-state index in [0.29, 0.717) is 13.2 Å². The van der Waals surface area contributed by atoms with Crippen molar-refractivity contribution in [2.45, 2.75) is 38.8 Å². The van der Waals surface area contributed by atoms with E-state index < -0.39 is 0 Å². The first-order chi connectivity index (χ1) is 11.7. The molecule has 24 heavy (non-hydrogen) atoms. The Labute approximate surface area is 145 Å². The van der Waals surface area contributed by atoms with Gasteiger partial charge in [0.15, 0.2) is 0 Å². The van der Waals surface area contributed by atoms with E-state index in [0.717, 1.165) is 13.1 Å². The second-order valence-corrected chi connectivity index (χ2v) is 6.88. The number of benzene rings is 1. The largest absolute Gasteiger partial charge is 0.371 e.